The zero-order valence-corrected chi connectivity index (χ0v) is 38.8. The van der Waals surface area contributed by atoms with E-state index >= 15 is 0 Å². The minimum Gasteiger partial charge on any atom is -0.356 e. The number of aliphatic imine (C=N–C) groups is 1. The van der Waals surface area contributed by atoms with Gasteiger partial charge in [0, 0.05) is 23.5 Å². The first-order valence-corrected chi connectivity index (χ1v) is 24.3. The van der Waals surface area contributed by atoms with E-state index in [1.807, 2.05) is 30.5 Å². The highest BCUT2D eigenvalue weighted by atomic mass is 15.1. The summed E-state index contributed by atoms with van der Waals surface area (Å²) in [6.45, 7) is 0. The number of fused-ring (bicyclic) bond motifs is 5. The van der Waals surface area contributed by atoms with Gasteiger partial charge in [-0.1, -0.05) is 218 Å². The third-order valence-corrected chi connectivity index (χ3v) is 14.4. The van der Waals surface area contributed by atoms with Crippen LogP contribution in [0.3, 0.4) is 0 Å². The molecule has 3 aliphatic rings. The number of nitrogens with zero attached hydrogens (tertiary/aromatic N) is 1. The molecule has 3 aliphatic carbocycles. The molecule has 0 radical (unpaired) electrons. The van der Waals surface area contributed by atoms with Crippen LogP contribution in [0.4, 0.5) is 5.69 Å². The Kier molecular flexibility index (Phi) is 11.4. The molecule has 4 atom stereocenters. The van der Waals surface area contributed by atoms with Crippen molar-refractivity contribution in [1.82, 2.24) is 5.32 Å². The van der Waals surface area contributed by atoms with E-state index in [1.54, 1.807) is 0 Å². The van der Waals surface area contributed by atoms with Crippen molar-refractivity contribution < 1.29 is 0 Å². The van der Waals surface area contributed by atoms with Gasteiger partial charge in [-0.25, -0.2) is 0 Å². The monoisotopic (exact) mass is 900 g/mol. The minimum atomic E-state index is -0.582. The van der Waals surface area contributed by atoms with Gasteiger partial charge in [-0.15, -0.1) is 0 Å². The van der Waals surface area contributed by atoms with E-state index in [-0.39, 0.29) is 12.1 Å². The van der Waals surface area contributed by atoms with Gasteiger partial charge in [0.25, 0.3) is 0 Å². The van der Waals surface area contributed by atoms with Crippen molar-refractivity contribution in [1.29, 1.82) is 0 Å². The fourth-order valence-corrected chi connectivity index (χ4v) is 11.0. The average Bonchev–Trinajstić information content (AvgIpc) is 3.73. The van der Waals surface area contributed by atoms with E-state index in [2.05, 4.69) is 241 Å². The summed E-state index contributed by atoms with van der Waals surface area (Å²) >= 11 is 0. The molecule has 4 nitrogen and oxygen atoms in total. The number of nitrogens with one attached hydrogen (secondary N) is 2. The fraction of sp³-hybridized carbons (Fsp3) is 0.0758. The third kappa shape index (κ3) is 8.03. The van der Waals surface area contributed by atoms with Gasteiger partial charge >= 0.3 is 0 Å². The molecule has 70 heavy (non-hydrogen) atoms. The summed E-state index contributed by atoms with van der Waals surface area (Å²) in [5, 5.41) is 10.0. The van der Waals surface area contributed by atoms with Gasteiger partial charge in [-0.3, -0.25) is 10.3 Å². The Bertz CT molecular complexity index is 3530. The molecule has 0 amide bonds. The largest absolute Gasteiger partial charge is 0.356 e. The van der Waals surface area contributed by atoms with Crippen LogP contribution in [-0.2, 0) is 5.41 Å². The molecule has 0 fully saturated rings. The lowest BCUT2D eigenvalue weighted by Crippen LogP contribution is -2.34. The van der Waals surface area contributed by atoms with E-state index in [1.165, 1.54) is 55.3 Å². The lowest BCUT2D eigenvalue weighted by Gasteiger charge is -2.41. The van der Waals surface area contributed by atoms with Crippen LogP contribution < -0.4 is 16.4 Å². The third-order valence-electron chi connectivity index (χ3n) is 14.4. The Morgan fingerprint density at radius 1 is 0.543 bits per heavy atom. The Labute approximate surface area is 410 Å². The van der Waals surface area contributed by atoms with Crippen molar-refractivity contribution in [3.05, 3.63) is 305 Å². The predicted molar refractivity (Wildman–Crippen MR) is 291 cm³/mol. The summed E-state index contributed by atoms with van der Waals surface area (Å²) in [5.74, 6) is 0.262. The van der Waals surface area contributed by atoms with Crippen molar-refractivity contribution in [3.63, 3.8) is 0 Å². The van der Waals surface area contributed by atoms with Crippen molar-refractivity contribution in [3.8, 4) is 33.4 Å². The number of hydrogen-bond acceptors (Lipinski definition) is 4. The molecule has 9 aromatic rings. The minimum absolute atomic E-state index is 0.262. The quantitative estimate of drug-likeness (QED) is 0.0846. The summed E-state index contributed by atoms with van der Waals surface area (Å²) in [4.78, 5) is 5.17. The van der Waals surface area contributed by atoms with Gasteiger partial charge in [0.15, 0.2) is 0 Å². The Balaban J connectivity index is 0.939. The van der Waals surface area contributed by atoms with Gasteiger partial charge in [0.2, 0.25) is 0 Å². The van der Waals surface area contributed by atoms with Crippen LogP contribution >= 0.6 is 0 Å². The Hall–Kier alpha value is -8.41. The van der Waals surface area contributed by atoms with E-state index in [4.69, 9.17) is 10.7 Å². The van der Waals surface area contributed by atoms with E-state index in [0.717, 1.165) is 51.2 Å². The van der Waals surface area contributed by atoms with E-state index in [0.29, 0.717) is 0 Å². The Morgan fingerprint density at radius 2 is 1.21 bits per heavy atom. The first-order chi connectivity index (χ1) is 34.6. The van der Waals surface area contributed by atoms with Gasteiger partial charge in [-0.05, 0) is 132 Å². The number of rotatable bonds is 12. The lowest BCUT2D eigenvalue weighted by molar-refractivity contribution is 0.467. The lowest BCUT2D eigenvalue weighted by atomic mass is 9.62. The van der Waals surface area contributed by atoms with Crippen LogP contribution in [0.25, 0.3) is 44.2 Å². The zero-order valence-electron chi connectivity index (χ0n) is 38.8. The molecule has 4 N–H and O–H groups in total. The number of anilines is 1. The maximum atomic E-state index is 6.87. The molecular weight excluding hydrogens is 849 g/mol. The molecule has 0 bridgehead atoms. The summed E-state index contributed by atoms with van der Waals surface area (Å²) < 4.78 is 0. The van der Waals surface area contributed by atoms with E-state index < -0.39 is 11.6 Å². The number of allylic oxidation sites excluding steroid dienone is 7. The zero-order chi connectivity index (χ0) is 46.9. The van der Waals surface area contributed by atoms with Gasteiger partial charge < -0.3 is 11.1 Å². The van der Waals surface area contributed by atoms with Crippen LogP contribution in [0.2, 0.25) is 0 Å². The second-order valence-electron chi connectivity index (χ2n) is 18.5. The van der Waals surface area contributed by atoms with Crippen LogP contribution in [0.15, 0.2) is 277 Å². The SMILES string of the molecule is NC(NC(N=Cc1cccc(-c2ccc3c(c2)-c2ccccc2C3(C2=C(Nc3ccccc3)C=C3C=CC=CC3C2)c2ccc3ccccc3c2)c1)c1ccccc1)c1ccc(-c2ccccc2)cc1. The normalized spacial score (nSPS) is 17.7. The van der Waals surface area contributed by atoms with Crippen LogP contribution in [0.1, 0.15) is 52.1 Å². The van der Waals surface area contributed by atoms with Gasteiger partial charge in [-0.2, -0.15) is 0 Å². The van der Waals surface area contributed by atoms with Crippen LogP contribution in [0, 0.1) is 5.92 Å². The van der Waals surface area contributed by atoms with Gasteiger partial charge in [0.1, 0.15) is 6.17 Å². The van der Waals surface area contributed by atoms with Crippen molar-refractivity contribution in [2.24, 2.45) is 16.6 Å². The first-order valence-electron chi connectivity index (χ1n) is 24.3. The predicted octanol–water partition coefficient (Wildman–Crippen LogP) is 15.3. The smallest absolute Gasteiger partial charge is 0.127 e. The fourth-order valence-electron chi connectivity index (χ4n) is 11.0. The number of nitrogens with two attached hydrogens (primary N) is 1. The molecule has 0 aromatic heterocycles. The van der Waals surface area contributed by atoms with Crippen molar-refractivity contribution in [2.45, 2.75) is 24.2 Å². The molecule has 0 saturated carbocycles. The van der Waals surface area contributed by atoms with Crippen LogP contribution in [0.5, 0.6) is 0 Å². The molecule has 4 unspecified atom stereocenters. The number of para-hydroxylation sites is 1. The molecule has 4 heteroatoms. The first kappa shape index (κ1) is 42.9. The number of hydrogen-bond donors (Lipinski definition) is 3. The summed E-state index contributed by atoms with van der Waals surface area (Å²) in [7, 11) is 0. The second-order valence-corrected chi connectivity index (χ2v) is 18.5. The van der Waals surface area contributed by atoms with Crippen LogP contribution in [-0.4, -0.2) is 6.21 Å². The van der Waals surface area contributed by atoms with Crippen molar-refractivity contribution in [2.75, 3.05) is 5.32 Å². The van der Waals surface area contributed by atoms with Crippen molar-refractivity contribution >= 4 is 22.7 Å². The standard InChI is InChI=1S/C66H52N4/c67-64(49-33-31-48(32-34-49)46-18-4-1-5-19-46)70-65(50-21-6-2-7-22-50)68-44-45-17-16-26-51(39-45)55-36-38-61-59(41-55)58-29-14-15-30-60(58)66(61,56-37-35-47-20-10-11-23-52(47)40-56)62-42-53-24-12-13-25-54(53)43-63(62)69-57-27-8-3-9-28-57/h1-41,43-44,53,64-65,69-70H,42,67H2. The maximum Gasteiger partial charge on any atom is 0.127 e. The topological polar surface area (TPSA) is 62.4 Å². The highest BCUT2D eigenvalue weighted by Gasteiger charge is 2.49. The summed E-state index contributed by atoms with van der Waals surface area (Å²) in [6.07, 6.45) is 13.5. The average molecular weight is 901 g/mol. The van der Waals surface area contributed by atoms with Gasteiger partial charge in [0.05, 0.1) is 11.6 Å². The summed E-state index contributed by atoms with van der Waals surface area (Å²) in [5.41, 5.74) is 25.2. The van der Waals surface area contributed by atoms with E-state index in [9.17, 15) is 0 Å². The molecule has 0 spiro atoms. The maximum absolute atomic E-state index is 6.87. The molecule has 9 aromatic carbocycles. The number of benzene rings is 9. The molecule has 0 heterocycles. The molecule has 0 saturated heterocycles. The molecule has 0 aliphatic heterocycles. The molecule has 336 valence electrons. The second kappa shape index (κ2) is 18.6. The molecule has 12 rings (SSSR count). The summed E-state index contributed by atoms with van der Waals surface area (Å²) in [6, 6.07) is 80.6. The molecular formula is C66H52N4. The Morgan fingerprint density at radius 3 is 2.04 bits per heavy atom. The highest BCUT2D eigenvalue weighted by Crippen LogP contribution is 2.60. The highest BCUT2D eigenvalue weighted by molar-refractivity contribution is 5.92.